The average Bonchev–Trinajstić information content (AvgIpc) is 3.77. The van der Waals surface area contributed by atoms with Crippen molar-refractivity contribution in [3.05, 3.63) is 168 Å². The van der Waals surface area contributed by atoms with Crippen molar-refractivity contribution < 1.29 is 0 Å². The number of para-hydroxylation sites is 4. The Hall–Kier alpha value is -6.88. The first kappa shape index (κ1) is 29.1. The molecular formula is C47H30N4. The van der Waals surface area contributed by atoms with E-state index in [4.69, 9.17) is 0 Å². The molecule has 7 aromatic carbocycles. The van der Waals surface area contributed by atoms with E-state index in [-0.39, 0.29) is 5.41 Å². The van der Waals surface area contributed by atoms with Crippen LogP contribution in [0.5, 0.6) is 0 Å². The standard InChI is InChI=1S/C47H30N4/c1-47(2)39-18-7-3-13-31(39)36-24-25-38-34-16-6-10-21-42(34)51(46(38)44(36)47)43-26-29(27-48)22-23-35(43)37-17-11-12-30(28-49)45(37)50-40-19-8-4-14-32(40)33-15-5-9-20-41(33)50/h3-26H,1-2H3. The summed E-state index contributed by atoms with van der Waals surface area (Å²) in [6, 6.07) is 55.6. The Balaban J connectivity index is 1.37. The van der Waals surface area contributed by atoms with Crippen LogP contribution in [0.3, 0.4) is 0 Å². The summed E-state index contributed by atoms with van der Waals surface area (Å²) in [6.07, 6.45) is 0. The molecule has 0 saturated heterocycles. The fourth-order valence-electron chi connectivity index (χ4n) is 8.83. The Kier molecular flexibility index (Phi) is 6.02. The van der Waals surface area contributed by atoms with Crippen molar-refractivity contribution in [1.82, 2.24) is 9.13 Å². The van der Waals surface area contributed by atoms with E-state index >= 15 is 0 Å². The predicted molar refractivity (Wildman–Crippen MR) is 208 cm³/mol. The first-order valence-corrected chi connectivity index (χ1v) is 17.2. The summed E-state index contributed by atoms with van der Waals surface area (Å²) >= 11 is 0. The van der Waals surface area contributed by atoms with E-state index < -0.39 is 0 Å². The van der Waals surface area contributed by atoms with E-state index in [0.717, 1.165) is 60.7 Å². The number of aromatic nitrogens is 2. The molecule has 10 rings (SSSR count). The molecule has 1 aliphatic rings. The maximum Gasteiger partial charge on any atom is 0.101 e. The fraction of sp³-hybridized carbons (Fsp3) is 0.0638. The fourth-order valence-corrected chi connectivity index (χ4v) is 8.83. The van der Waals surface area contributed by atoms with Crippen LogP contribution in [0.2, 0.25) is 0 Å². The Morgan fingerprint density at radius 2 is 1.08 bits per heavy atom. The lowest BCUT2D eigenvalue weighted by molar-refractivity contribution is 0.664. The van der Waals surface area contributed by atoms with Crippen molar-refractivity contribution in [1.29, 1.82) is 10.5 Å². The second-order valence-corrected chi connectivity index (χ2v) is 13.9. The van der Waals surface area contributed by atoms with Crippen LogP contribution in [0, 0.1) is 22.7 Å². The van der Waals surface area contributed by atoms with E-state index in [0.29, 0.717) is 11.1 Å². The van der Waals surface area contributed by atoms with Crippen LogP contribution >= 0.6 is 0 Å². The SMILES string of the molecule is CC1(C)c2ccccc2-c2ccc3c4ccccc4n(-c4cc(C#N)ccc4-c4cccc(C#N)c4-n4c5ccccc5c5ccccc54)c3c21. The number of nitrogens with zero attached hydrogens (tertiary/aromatic N) is 4. The second kappa shape index (κ2) is 10.6. The smallest absolute Gasteiger partial charge is 0.101 e. The van der Waals surface area contributed by atoms with Gasteiger partial charge in [0.25, 0.3) is 0 Å². The summed E-state index contributed by atoms with van der Waals surface area (Å²) in [4.78, 5) is 0. The van der Waals surface area contributed by atoms with Gasteiger partial charge >= 0.3 is 0 Å². The summed E-state index contributed by atoms with van der Waals surface area (Å²) in [5.74, 6) is 0. The largest absolute Gasteiger partial charge is 0.308 e. The molecule has 0 amide bonds. The minimum atomic E-state index is -0.264. The van der Waals surface area contributed by atoms with Gasteiger partial charge in [-0.2, -0.15) is 10.5 Å². The number of fused-ring (bicyclic) bond motifs is 10. The zero-order valence-corrected chi connectivity index (χ0v) is 28.1. The topological polar surface area (TPSA) is 57.4 Å². The highest BCUT2D eigenvalue weighted by molar-refractivity contribution is 6.14. The third kappa shape index (κ3) is 3.88. The van der Waals surface area contributed by atoms with Gasteiger partial charge in [-0.05, 0) is 58.7 Å². The van der Waals surface area contributed by atoms with Gasteiger partial charge < -0.3 is 9.13 Å². The Morgan fingerprint density at radius 1 is 0.490 bits per heavy atom. The molecule has 0 unspecified atom stereocenters. The molecular weight excluding hydrogens is 621 g/mol. The maximum absolute atomic E-state index is 10.7. The Morgan fingerprint density at radius 3 is 1.76 bits per heavy atom. The first-order chi connectivity index (χ1) is 25.0. The van der Waals surface area contributed by atoms with Gasteiger partial charge in [0, 0.05) is 38.1 Å². The highest BCUT2D eigenvalue weighted by Crippen LogP contribution is 2.53. The van der Waals surface area contributed by atoms with Crippen LogP contribution in [-0.4, -0.2) is 9.13 Å². The van der Waals surface area contributed by atoms with Gasteiger partial charge in [0.1, 0.15) is 6.07 Å². The lowest BCUT2D eigenvalue weighted by atomic mass is 9.81. The molecule has 4 nitrogen and oxygen atoms in total. The van der Waals surface area contributed by atoms with E-state index in [2.05, 4.69) is 156 Å². The molecule has 0 atom stereocenters. The number of rotatable bonds is 3. The predicted octanol–water partition coefficient (Wildman–Crippen LogP) is 11.6. The van der Waals surface area contributed by atoms with E-state index in [1.54, 1.807) is 0 Å². The van der Waals surface area contributed by atoms with Gasteiger partial charge in [-0.15, -0.1) is 0 Å². The zero-order chi connectivity index (χ0) is 34.4. The van der Waals surface area contributed by atoms with Gasteiger partial charge in [0.05, 0.1) is 50.6 Å². The quantitative estimate of drug-likeness (QED) is 0.191. The number of nitriles is 2. The molecule has 9 aromatic rings. The van der Waals surface area contributed by atoms with E-state index in [1.807, 2.05) is 24.3 Å². The lowest BCUT2D eigenvalue weighted by Gasteiger charge is -2.25. The van der Waals surface area contributed by atoms with Crippen molar-refractivity contribution in [2.75, 3.05) is 0 Å². The molecule has 0 aliphatic heterocycles. The second-order valence-electron chi connectivity index (χ2n) is 13.9. The van der Waals surface area contributed by atoms with Crippen LogP contribution < -0.4 is 0 Å². The van der Waals surface area contributed by atoms with Crippen LogP contribution in [0.1, 0.15) is 36.1 Å². The normalized spacial score (nSPS) is 13.0. The highest BCUT2D eigenvalue weighted by Gasteiger charge is 2.38. The third-order valence-corrected chi connectivity index (χ3v) is 11.0. The minimum absolute atomic E-state index is 0.264. The van der Waals surface area contributed by atoms with E-state index in [1.165, 1.54) is 27.6 Å². The van der Waals surface area contributed by atoms with Gasteiger partial charge in [-0.1, -0.05) is 123 Å². The first-order valence-electron chi connectivity index (χ1n) is 17.2. The Labute approximate surface area is 295 Å². The molecule has 0 N–H and O–H groups in total. The summed E-state index contributed by atoms with van der Waals surface area (Å²) < 4.78 is 4.62. The molecule has 0 radical (unpaired) electrons. The molecule has 0 spiro atoms. The van der Waals surface area contributed by atoms with Crippen molar-refractivity contribution in [3.8, 4) is 45.8 Å². The van der Waals surface area contributed by atoms with Crippen LogP contribution in [0.15, 0.2) is 146 Å². The molecule has 2 heterocycles. The van der Waals surface area contributed by atoms with Crippen molar-refractivity contribution in [2.24, 2.45) is 0 Å². The maximum atomic E-state index is 10.7. The summed E-state index contributed by atoms with van der Waals surface area (Å²) in [5, 5.41) is 25.6. The van der Waals surface area contributed by atoms with Gasteiger partial charge in [-0.25, -0.2) is 0 Å². The molecule has 1 aliphatic carbocycles. The number of hydrogen-bond donors (Lipinski definition) is 0. The molecule has 0 saturated carbocycles. The van der Waals surface area contributed by atoms with Crippen molar-refractivity contribution >= 4 is 43.6 Å². The van der Waals surface area contributed by atoms with Crippen molar-refractivity contribution in [3.63, 3.8) is 0 Å². The van der Waals surface area contributed by atoms with Crippen LogP contribution in [-0.2, 0) is 5.41 Å². The summed E-state index contributed by atoms with van der Waals surface area (Å²) in [7, 11) is 0. The Bertz CT molecular complexity index is 2980. The van der Waals surface area contributed by atoms with Gasteiger partial charge in [0.15, 0.2) is 0 Å². The molecule has 0 bridgehead atoms. The summed E-state index contributed by atoms with van der Waals surface area (Å²) in [5.41, 5.74) is 13.8. The van der Waals surface area contributed by atoms with Crippen molar-refractivity contribution in [2.45, 2.75) is 19.3 Å². The zero-order valence-electron chi connectivity index (χ0n) is 28.1. The van der Waals surface area contributed by atoms with E-state index in [9.17, 15) is 10.5 Å². The molecule has 0 fully saturated rings. The van der Waals surface area contributed by atoms with Crippen LogP contribution in [0.25, 0.3) is 77.2 Å². The molecule has 4 heteroatoms. The lowest BCUT2D eigenvalue weighted by Crippen LogP contribution is -2.16. The van der Waals surface area contributed by atoms with Crippen LogP contribution in [0.4, 0.5) is 0 Å². The third-order valence-electron chi connectivity index (χ3n) is 11.0. The average molecular weight is 651 g/mol. The highest BCUT2D eigenvalue weighted by atomic mass is 15.0. The minimum Gasteiger partial charge on any atom is -0.308 e. The molecule has 238 valence electrons. The monoisotopic (exact) mass is 650 g/mol. The number of hydrogen-bond acceptors (Lipinski definition) is 2. The summed E-state index contributed by atoms with van der Waals surface area (Å²) in [6.45, 7) is 4.64. The van der Waals surface area contributed by atoms with Gasteiger partial charge in [0.2, 0.25) is 0 Å². The molecule has 51 heavy (non-hydrogen) atoms. The van der Waals surface area contributed by atoms with Gasteiger partial charge in [-0.3, -0.25) is 0 Å². The molecule has 2 aromatic heterocycles. The number of benzene rings is 7.